The van der Waals surface area contributed by atoms with Gasteiger partial charge in [0, 0.05) is 0 Å². The predicted molar refractivity (Wildman–Crippen MR) is 107 cm³/mol. The largest absolute Gasteiger partial charge is 0.483 e. The van der Waals surface area contributed by atoms with Gasteiger partial charge in [0.05, 0.1) is 11.6 Å². The number of carbonyl (C=O) groups is 2. The van der Waals surface area contributed by atoms with E-state index in [2.05, 4.69) is 10.1 Å². The number of hydrogen-bond acceptors (Lipinski definition) is 4. The lowest BCUT2D eigenvalue weighted by molar-refractivity contribution is -0.123. The van der Waals surface area contributed by atoms with Crippen molar-refractivity contribution in [1.82, 2.24) is 5.32 Å². The molecule has 0 saturated heterocycles. The highest BCUT2D eigenvalue weighted by Gasteiger charge is 2.18. The number of ether oxygens (including phenoxy) is 2. The molecule has 0 aliphatic rings. The Balaban J connectivity index is 1.74. The molecule has 1 atom stereocenters. The molecule has 7 heteroatoms. The van der Waals surface area contributed by atoms with E-state index in [4.69, 9.17) is 4.74 Å². The van der Waals surface area contributed by atoms with Crippen LogP contribution in [0.4, 0.5) is 8.78 Å². The summed E-state index contributed by atoms with van der Waals surface area (Å²) in [7, 11) is 0. The monoisotopic (exact) mass is 411 g/mol. The summed E-state index contributed by atoms with van der Waals surface area (Å²) in [5.74, 6) is -0.0643. The smallest absolute Gasteiger partial charge is 0.387 e. The van der Waals surface area contributed by atoms with E-state index in [1.54, 1.807) is 36.4 Å². The fourth-order valence-corrected chi connectivity index (χ4v) is 2.90. The van der Waals surface area contributed by atoms with Crippen LogP contribution in [0.1, 0.15) is 27.5 Å². The van der Waals surface area contributed by atoms with Gasteiger partial charge in [-0.1, -0.05) is 54.6 Å². The zero-order valence-electron chi connectivity index (χ0n) is 15.8. The number of benzene rings is 3. The Kier molecular flexibility index (Phi) is 7.10. The highest BCUT2D eigenvalue weighted by Crippen LogP contribution is 2.25. The summed E-state index contributed by atoms with van der Waals surface area (Å²) in [5, 5.41) is 2.88. The zero-order chi connectivity index (χ0) is 21.3. The van der Waals surface area contributed by atoms with Crippen molar-refractivity contribution >= 4 is 12.2 Å². The van der Waals surface area contributed by atoms with Gasteiger partial charge in [0.15, 0.2) is 12.9 Å². The number of carbonyl (C=O) groups excluding carboxylic acids is 2. The number of nitrogens with one attached hydrogen (secondary N) is 1. The van der Waals surface area contributed by atoms with Crippen LogP contribution in [0, 0.1) is 0 Å². The van der Waals surface area contributed by atoms with Crippen molar-refractivity contribution in [2.75, 3.05) is 6.61 Å². The average Bonchev–Trinajstić information content (AvgIpc) is 2.77. The first kappa shape index (κ1) is 21.0. The van der Waals surface area contributed by atoms with E-state index in [1.807, 2.05) is 30.3 Å². The molecule has 0 fully saturated rings. The van der Waals surface area contributed by atoms with Gasteiger partial charge in [0.25, 0.3) is 5.91 Å². The summed E-state index contributed by atoms with van der Waals surface area (Å²) in [6, 6.07) is 21.3. The summed E-state index contributed by atoms with van der Waals surface area (Å²) in [4.78, 5) is 23.6. The molecule has 154 valence electrons. The summed E-state index contributed by atoms with van der Waals surface area (Å²) >= 11 is 0. The Hall–Kier alpha value is -3.74. The lowest BCUT2D eigenvalue weighted by Crippen LogP contribution is -2.33. The molecule has 3 rings (SSSR count). The molecule has 0 spiro atoms. The molecule has 3 aromatic rings. The number of halogens is 2. The topological polar surface area (TPSA) is 64.6 Å². The molecular formula is C23H19F2NO4. The number of aldehydes is 1. The molecule has 3 aromatic carbocycles. The van der Waals surface area contributed by atoms with Gasteiger partial charge in [-0.05, 0) is 35.4 Å². The van der Waals surface area contributed by atoms with Crippen molar-refractivity contribution in [1.29, 1.82) is 0 Å². The molecule has 5 nitrogen and oxygen atoms in total. The van der Waals surface area contributed by atoms with Crippen LogP contribution in [0.25, 0.3) is 0 Å². The number of para-hydroxylation sites is 1. The van der Waals surface area contributed by atoms with Crippen LogP contribution in [0.15, 0.2) is 78.9 Å². The van der Waals surface area contributed by atoms with E-state index in [9.17, 15) is 18.4 Å². The zero-order valence-corrected chi connectivity index (χ0v) is 15.8. The second-order valence-corrected chi connectivity index (χ2v) is 6.30. The third-order valence-electron chi connectivity index (χ3n) is 4.28. The summed E-state index contributed by atoms with van der Waals surface area (Å²) in [5.41, 5.74) is 1.84. The van der Waals surface area contributed by atoms with Crippen LogP contribution in [-0.2, 0) is 4.79 Å². The fourth-order valence-electron chi connectivity index (χ4n) is 2.90. The van der Waals surface area contributed by atoms with Crippen LogP contribution in [0.5, 0.6) is 11.5 Å². The first-order valence-electron chi connectivity index (χ1n) is 9.13. The molecule has 0 unspecified atom stereocenters. The SMILES string of the molecule is O=Cc1ccccc1OCC(=O)N[C@@H](c1ccccc1)c1ccc(OC(F)F)cc1. The highest BCUT2D eigenvalue weighted by molar-refractivity contribution is 5.81. The van der Waals surface area contributed by atoms with E-state index in [1.165, 1.54) is 12.1 Å². The predicted octanol–water partition coefficient (Wildman–Crippen LogP) is 4.39. The summed E-state index contributed by atoms with van der Waals surface area (Å²) in [6.45, 7) is -3.20. The fraction of sp³-hybridized carbons (Fsp3) is 0.130. The molecule has 0 aliphatic carbocycles. The maximum absolute atomic E-state index is 12.5. The minimum Gasteiger partial charge on any atom is -0.483 e. The van der Waals surface area contributed by atoms with Crippen LogP contribution in [0.2, 0.25) is 0 Å². The molecular weight excluding hydrogens is 392 g/mol. The maximum Gasteiger partial charge on any atom is 0.387 e. The van der Waals surface area contributed by atoms with Crippen LogP contribution in [0.3, 0.4) is 0 Å². The quantitative estimate of drug-likeness (QED) is 0.531. The number of alkyl halides is 2. The second kappa shape index (κ2) is 10.2. The molecule has 0 heterocycles. The van der Waals surface area contributed by atoms with E-state index in [0.29, 0.717) is 23.2 Å². The molecule has 30 heavy (non-hydrogen) atoms. The number of amides is 1. The van der Waals surface area contributed by atoms with Crippen molar-refractivity contribution in [3.63, 3.8) is 0 Å². The van der Waals surface area contributed by atoms with Crippen molar-refractivity contribution in [3.05, 3.63) is 95.6 Å². The molecule has 0 saturated carbocycles. The lowest BCUT2D eigenvalue weighted by Gasteiger charge is -2.20. The third-order valence-corrected chi connectivity index (χ3v) is 4.28. The van der Waals surface area contributed by atoms with Crippen LogP contribution < -0.4 is 14.8 Å². The minimum absolute atomic E-state index is 0.0284. The Labute approximate surface area is 172 Å². The van der Waals surface area contributed by atoms with Gasteiger partial charge in [-0.2, -0.15) is 8.78 Å². The Morgan fingerprint density at radius 1 is 0.900 bits per heavy atom. The van der Waals surface area contributed by atoms with Gasteiger partial charge in [-0.15, -0.1) is 0 Å². The van der Waals surface area contributed by atoms with Gasteiger partial charge >= 0.3 is 6.61 Å². The first-order chi connectivity index (χ1) is 14.6. The molecule has 1 amide bonds. The third kappa shape index (κ3) is 5.64. The van der Waals surface area contributed by atoms with Crippen molar-refractivity contribution in [3.8, 4) is 11.5 Å². The second-order valence-electron chi connectivity index (χ2n) is 6.30. The van der Waals surface area contributed by atoms with Gasteiger partial charge in [-0.25, -0.2) is 0 Å². The van der Waals surface area contributed by atoms with Crippen molar-refractivity contribution in [2.45, 2.75) is 12.7 Å². The van der Waals surface area contributed by atoms with E-state index in [-0.39, 0.29) is 12.4 Å². The normalized spacial score (nSPS) is 11.6. The average molecular weight is 411 g/mol. The Morgan fingerprint density at radius 3 is 2.20 bits per heavy atom. The van der Waals surface area contributed by atoms with E-state index in [0.717, 1.165) is 5.56 Å². The van der Waals surface area contributed by atoms with Crippen molar-refractivity contribution in [2.24, 2.45) is 0 Å². The van der Waals surface area contributed by atoms with Crippen LogP contribution in [-0.4, -0.2) is 25.4 Å². The van der Waals surface area contributed by atoms with E-state index < -0.39 is 18.6 Å². The molecule has 0 aromatic heterocycles. The first-order valence-corrected chi connectivity index (χ1v) is 9.13. The summed E-state index contributed by atoms with van der Waals surface area (Å²) < 4.78 is 34.6. The minimum atomic E-state index is -2.91. The molecule has 0 bridgehead atoms. The number of rotatable bonds is 9. The van der Waals surface area contributed by atoms with Crippen LogP contribution >= 0.6 is 0 Å². The lowest BCUT2D eigenvalue weighted by atomic mass is 9.98. The highest BCUT2D eigenvalue weighted by atomic mass is 19.3. The molecule has 0 aliphatic heterocycles. The Morgan fingerprint density at radius 2 is 1.53 bits per heavy atom. The standard InChI is InChI=1S/C23H19F2NO4/c24-23(25)30-19-12-10-17(11-13-19)22(16-6-2-1-3-7-16)26-21(28)15-29-20-9-5-4-8-18(20)14-27/h1-14,22-23H,15H2,(H,26,28)/t22-/m0/s1. The van der Waals surface area contributed by atoms with Gasteiger partial charge < -0.3 is 14.8 Å². The number of hydrogen-bond donors (Lipinski definition) is 1. The van der Waals surface area contributed by atoms with Gasteiger partial charge in [0.2, 0.25) is 0 Å². The molecule has 0 radical (unpaired) electrons. The summed E-state index contributed by atoms with van der Waals surface area (Å²) in [6.07, 6.45) is 0.656. The Bertz CT molecular complexity index is 978. The maximum atomic E-state index is 12.5. The van der Waals surface area contributed by atoms with Crippen molar-refractivity contribution < 1.29 is 27.8 Å². The van der Waals surface area contributed by atoms with E-state index >= 15 is 0 Å². The molecule has 1 N–H and O–H groups in total. The van der Waals surface area contributed by atoms with Gasteiger partial charge in [-0.3, -0.25) is 9.59 Å². The van der Waals surface area contributed by atoms with Gasteiger partial charge in [0.1, 0.15) is 11.5 Å².